The number of carbonyl (C=O) groups excluding carboxylic acids is 2. The molecule has 16 aromatic heterocycles. The van der Waals surface area contributed by atoms with Crippen LogP contribution in [0.3, 0.4) is 0 Å². The summed E-state index contributed by atoms with van der Waals surface area (Å²) in [5, 5.41) is 46.3. The zero-order valence-electron chi connectivity index (χ0n) is 72.8. The van der Waals surface area contributed by atoms with Crippen LogP contribution in [0, 0.1) is 0 Å². The number of hydrogen-bond donors (Lipinski definition) is 6. The van der Waals surface area contributed by atoms with Crippen molar-refractivity contribution in [1.29, 1.82) is 0 Å². The summed E-state index contributed by atoms with van der Waals surface area (Å²) in [6.07, 6.45) is 20.0. The maximum atomic E-state index is 11.5. The first-order valence-corrected chi connectivity index (χ1v) is 44.8. The van der Waals surface area contributed by atoms with Gasteiger partial charge >= 0.3 is 6.03 Å². The standard InChI is InChI=1S/C18H16N6O.C17H15N9O.C16H12N6O.C14H9BrN6.C14H12BrN5.C10H10N2.C4H3Br2N3/c1-3-25-12(2)16-10-20-17-18(21-16)24(23-22-17)11-13-6-7-15-14(9-13)5-4-8-19-15;1-10(22-24-17(18)27)14-8-20-15-16(21-14)26(25-23-15)9-11-4-5-13-12(7-11)3-2-6-19-13;1-10(23)14-8-18-15-16(19-14)22(21-20-15)9-11-4-5-13-12(7-11)3-2-6-17-13;15-12-7-17-13-14(18-12)21(20-19-13)8-9-3-4-11-10(6-9)2-1-5-16-11;15-12-8-18-13(16)14(20-12)19-7-9-3-4-11-10(6-9)2-1-5-17-11;11-7-8-3-4-10-9(6-8)2-1-5-12-10;5-2-1-8-4(7)3(6)9-2/h4-10H,2-3,11H2,1H3;2-8H,9H2,1H3,(H3,18,24,27);2-8H,9H2,1H3;1-7H,8H2;1-6,8H,7H2,(H2,16,18)(H,19,20);1-6H,7,11H2;1H,(H2,7,8)/b;22-10+;;;;;. The van der Waals surface area contributed by atoms with Gasteiger partial charge in [-0.2, -0.15) is 5.10 Å². The van der Waals surface area contributed by atoms with Crippen LogP contribution in [0.15, 0.2) is 286 Å². The molecule has 0 unspecified atom stereocenters. The average Bonchev–Trinajstić information content (AvgIpc) is 1.69. The van der Waals surface area contributed by atoms with Crippen molar-refractivity contribution in [3.8, 4) is 0 Å². The number of nitrogen functional groups attached to an aromatic ring is 2. The normalized spacial score (nSPS) is 11.1. The van der Waals surface area contributed by atoms with Crippen LogP contribution < -0.4 is 33.7 Å². The van der Waals surface area contributed by atoms with Crippen molar-refractivity contribution >= 4 is 215 Å². The summed E-state index contributed by atoms with van der Waals surface area (Å²) in [6.45, 7) is 12.8. The van der Waals surface area contributed by atoms with E-state index < -0.39 is 6.03 Å². The maximum Gasteiger partial charge on any atom is 0.332 e. The molecular formula is C93H77Br4N37O3. The Morgan fingerprint density at radius 1 is 0.394 bits per heavy atom. The highest BCUT2D eigenvalue weighted by Gasteiger charge is 2.18. The molecule has 22 aromatic rings. The zero-order valence-corrected chi connectivity index (χ0v) is 79.2. The largest absolute Gasteiger partial charge is 0.492 e. The maximum absolute atomic E-state index is 11.5. The molecule has 0 bridgehead atoms. The van der Waals surface area contributed by atoms with E-state index in [1.54, 1.807) is 87.6 Å². The Bertz CT molecular complexity index is 8190. The fourth-order valence-electron chi connectivity index (χ4n) is 13.5. The highest BCUT2D eigenvalue weighted by molar-refractivity contribution is 9.11. The summed E-state index contributed by atoms with van der Waals surface area (Å²) in [7, 11) is 0. The molecule has 0 aliphatic carbocycles. The number of fused-ring (bicyclic) bond motifs is 10. The summed E-state index contributed by atoms with van der Waals surface area (Å²) in [5.41, 5.74) is 42.3. The molecule has 6 aromatic carbocycles. The Kier molecular flexibility index (Phi) is 30.2. The Morgan fingerprint density at radius 2 is 0.723 bits per heavy atom. The number of amides is 2. The molecule has 10 N–H and O–H groups in total. The van der Waals surface area contributed by atoms with Gasteiger partial charge in [-0.1, -0.05) is 100 Å². The van der Waals surface area contributed by atoms with Gasteiger partial charge in [0.1, 0.15) is 41.3 Å². The van der Waals surface area contributed by atoms with E-state index >= 15 is 0 Å². The van der Waals surface area contributed by atoms with Crippen molar-refractivity contribution in [3.05, 3.63) is 332 Å². The van der Waals surface area contributed by atoms with Crippen molar-refractivity contribution in [3.63, 3.8) is 0 Å². The van der Waals surface area contributed by atoms with E-state index in [1.165, 1.54) is 19.3 Å². The summed E-state index contributed by atoms with van der Waals surface area (Å²) in [6, 6.07) is 59.4. The van der Waals surface area contributed by atoms with Crippen LogP contribution in [-0.4, -0.2) is 174 Å². The molecule has 44 heteroatoms. The fraction of sp³-hybridized carbons (Fsp3) is 0.108. The third-order valence-corrected chi connectivity index (χ3v) is 21.8. The number of benzene rings is 6. The lowest BCUT2D eigenvalue weighted by Gasteiger charge is -2.08. The van der Waals surface area contributed by atoms with E-state index in [0.29, 0.717) is 155 Å². The highest BCUT2D eigenvalue weighted by Crippen LogP contribution is 2.26. The monoisotopic (exact) mass is 2080 g/mol. The molecule has 22 rings (SSSR count). The number of hydrazone groups is 1. The van der Waals surface area contributed by atoms with Crippen molar-refractivity contribution in [2.24, 2.45) is 16.6 Å². The zero-order chi connectivity index (χ0) is 95.3. The van der Waals surface area contributed by atoms with Crippen molar-refractivity contribution in [2.45, 2.75) is 60.0 Å². The number of nitrogens with one attached hydrogen (secondary N) is 2. The number of aromatic nitrogens is 30. The van der Waals surface area contributed by atoms with Gasteiger partial charge in [-0.25, -0.2) is 88.8 Å². The second kappa shape index (κ2) is 44.2. The van der Waals surface area contributed by atoms with E-state index in [-0.39, 0.29) is 5.78 Å². The van der Waals surface area contributed by atoms with Gasteiger partial charge in [-0.05, 0) is 220 Å². The highest BCUT2D eigenvalue weighted by atomic mass is 79.9. The first kappa shape index (κ1) is 93.5. The molecule has 0 saturated heterocycles. The van der Waals surface area contributed by atoms with Gasteiger partial charge in [0, 0.05) is 89.5 Å². The number of ketones is 1. The van der Waals surface area contributed by atoms with Gasteiger partial charge < -0.3 is 33.0 Å². The van der Waals surface area contributed by atoms with Gasteiger partial charge in [0.15, 0.2) is 45.8 Å². The van der Waals surface area contributed by atoms with E-state index in [4.69, 9.17) is 27.7 Å². The number of nitrogens with two attached hydrogens (primary N) is 4. The number of pyridine rings is 6. The molecule has 2 amide bonds. The predicted molar refractivity (Wildman–Crippen MR) is 534 cm³/mol. The molecule has 0 aliphatic rings. The minimum absolute atomic E-state index is 0.135. The minimum atomic E-state index is -0.749. The van der Waals surface area contributed by atoms with Crippen LogP contribution in [0.5, 0.6) is 0 Å². The molecule has 0 atom stereocenters. The SMILES string of the molecule is Brc1cnc2nnn(Cc3ccc4ncccc4c3)c2n1.C/C(=N\NC(N)=O)c1cnc2nnn(Cc3ccc4ncccc4c3)c2n1.C=C(OCC)c1cnc2nnn(Cc3ccc4ncccc4c3)c2n1.CC(=O)c1cnc2nnn(Cc3ccc4ncccc4c3)c2n1.NCc1ccc2ncccc2c1.Nc1ncc(Br)nc1Br.Nc1ncc(Br)nc1NCc1ccc2ncccc2c1. The van der Waals surface area contributed by atoms with Crippen LogP contribution >= 0.6 is 63.7 Å². The molecule has 0 spiro atoms. The fourth-order valence-corrected chi connectivity index (χ4v) is 14.8. The van der Waals surface area contributed by atoms with Gasteiger partial charge in [0.2, 0.25) is 22.6 Å². The molecule has 0 aliphatic heterocycles. The number of hydrogen-bond acceptors (Lipinski definition) is 34. The Hall–Kier alpha value is -16.7. The molecule has 0 saturated carbocycles. The topological polar surface area (TPSA) is 539 Å². The average molecular weight is 2080 g/mol. The van der Waals surface area contributed by atoms with E-state index in [1.807, 2.05) is 153 Å². The lowest BCUT2D eigenvalue weighted by atomic mass is 10.1. The number of ether oxygens (including phenoxy) is 1. The number of urea groups is 1. The van der Waals surface area contributed by atoms with Crippen LogP contribution in [0.25, 0.3) is 116 Å². The van der Waals surface area contributed by atoms with Crippen molar-refractivity contribution in [1.82, 2.24) is 155 Å². The second-order valence-corrected chi connectivity index (χ2v) is 32.8. The smallest absolute Gasteiger partial charge is 0.332 e. The predicted octanol–water partition coefficient (Wildman–Crippen LogP) is 14.9. The third kappa shape index (κ3) is 24.2. The Morgan fingerprint density at radius 3 is 1.11 bits per heavy atom. The summed E-state index contributed by atoms with van der Waals surface area (Å²) in [4.78, 5) is 98.7. The number of Topliss-reactive ketones (excluding diaryl/α,β-unsaturated/α-hetero) is 1. The molecular weight excluding hydrogens is 2000 g/mol. The summed E-state index contributed by atoms with van der Waals surface area (Å²) in [5.74, 6) is 1.71. The summed E-state index contributed by atoms with van der Waals surface area (Å²) >= 11 is 12.9. The molecule has 137 heavy (non-hydrogen) atoms. The second-order valence-electron chi connectivity index (χ2n) is 29.7. The number of primary amides is 1. The van der Waals surface area contributed by atoms with Crippen molar-refractivity contribution < 1.29 is 14.3 Å². The lowest BCUT2D eigenvalue weighted by Crippen LogP contribution is -2.25. The van der Waals surface area contributed by atoms with E-state index in [2.05, 4.69) is 254 Å². The van der Waals surface area contributed by atoms with Crippen LogP contribution in [0.4, 0.5) is 22.2 Å². The number of halogens is 4. The molecule has 0 radical (unpaired) electrons. The van der Waals surface area contributed by atoms with Gasteiger partial charge in [-0.3, -0.25) is 34.7 Å². The summed E-state index contributed by atoms with van der Waals surface area (Å²) < 4.78 is 14.7. The third-order valence-electron chi connectivity index (χ3n) is 20.1. The quantitative estimate of drug-likeness (QED) is 0.0201. The van der Waals surface area contributed by atoms with Gasteiger partial charge in [-0.15, -0.1) is 20.4 Å². The van der Waals surface area contributed by atoms with Crippen LogP contribution in [0.1, 0.15) is 76.0 Å². The van der Waals surface area contributed by atoms with Gasteiger partial charge in [0.05, 0.1) is 109 Å². The molecule has 0 fully saturated rings. The number of carbonyl (C=O) groups is 2. The minimum Gasteiger partial charge on any atom is -0.492 e. The number of anilines is 3. The lowest BCUT2D eigenvalue weighted by molar-refractivity contribution is 0.101. The van der Waals surface area contributed by atoms with Crippen LogP contribution in [0.2, 0.25) is 0 Å². The van der Waals surface area contributed by atoms with E-state index in [0.717, 1.165) is 98.8 Å². The number of nitrogens with zero attached hydrogens (tertiary/aromatic N) is 31. The Balaban J connectivity index is 0.000000118. The molecule has 16 heterocycles. The Labute approximate surface area is 810 Å². The molecule has 40 nitrogen and oxygen atoms in total. The van der Waals surface area contributed by atoms with Crippen molar-refractivity contribution in [2.75, 3.05) is 23.4 Å². The van der Waals surface area contributed by atoms with Gasteiger partial charge in [0.25, 0.3) is 0 Å². The van der Waals surface area contributed by atoms with E-state index in [9.17, 15) is 9.59 Å². The first-order chi connectivity index (χ1) is 66.7. The number of rotatable bonds is 18. The first-order valence-electron chi connectivity index (χ1n) is 41.7. The van der Waals surface area contributed by atoms with Crippen LogP contribution in [-0.2, 0) is 44.0 Å². The molecule has 680 valence electrons.